The van der Waals surface area contributed by atoms with Crippen molar-refractivity contribution in [3.05, 3.63) is 35.9 Å². The van der Waals surface area contributed by atoms with Crippen LogP contribution in [-0.2, 0) is 11.2 Å². The van der Waals surface area contributed by atoms with Crippen molar-refractivity contribution in [2.45, 2.75) is 37.8 Å². The molecule has 0 aromatic heterocycles. The van der Waals surface area contributed by atoms with Crippen LogP contribution in [0.2, 0.25) is 0 Å². The van der Waals surface area contributed by atoms with Crippen molar-refractivity contribution in [1.82, 2.24) is 9.80 Å². The topological polar surface area (TPSA) is 60.9 Å². The summed E-state index contributed by atoms with van der Waals surface area (Å²) in [7, 11) is 0. The first-order chi connectivity index (χ1) is 10.2. The molecule has 2 aliphatic rings. The number of benzene rings is 1. The average molecular weight is 288 g/mol. The van der Waals surface area contributed by atoms with Gasteiger partial charge in [-0.3, -0.25) is 9.69 Å². The predicted molar refractivity (Wildman–Crippen MR) is 77.6 cm³/mol. The molecule has 1 N–H and O–H groups in total. The van der Waals surface area contributed by atoms with Crippen molar-refractivity contribution in [3.63, 3.8) is 0 Å². The zero-order valence-electron chi connectivity index (χ0n) is 11.9. The third-order valence-electron chi connectivity index (χ3n) is 4.28. The van der Waals surface area contributed by atoms with Gasteiger partial charge in [0, 0.05) is 6.54 Å². The summed E-state index contributed by atoms with van der Waals surface area (Å²) in [5.74, 6) is -0.142. The van der Waals surface area contributed by atoms with Gasteiger partial charge in [-0.05, 0) is 31.2 Å². The Balaban J connectivity index is 1.54. The van der Waals surface area contributed by atoms with Gasteiger partial charge in [-0.25, -0.2) is 4.79 Å². The van der Waals surface area contributed by atoms with Gasteiger partial charge < -0.3 is 10.0 Å². The van der Waals surface area contributed by atoms with Crippen LogP contribution in [-0.4, -0.2) is 52.1 Å². The van der Waals surface area contributed by atoms with Gasteiger partial charge in [0.1, 0.15) is 6.04 Å². The van der Waals surface area contributed by atoms with E-state index in [1.165, 1.54) is 4.90 Å². The standard InChI is InChI=1S/C16H20N2O3/c19-13(9-8-12-5-2-1-3-6-12)11-18-15(20)14-7-4-10-17(14)16(18)21/h1-3,5-6,13-14,19H,4,7-11H2/t13-,14-/m0/s1. The molecular weight excluding hydrogens is 268 g/mol. The van der Waals surface area contributed by atoms with E-state index in [1.54, 1.807) is 4.90 Å². The molecule has 5 heteroatoms. The fourth-order valence-corrected chi connectivity index (χ4v) is 3.13. The molecule has 21 heavy (non-hydrogen) atoms. The molecule has 0 bridgehead atoms. The normalized spacial score (nSPS) is 22.8. The lowest BCUT2D eigenvalue weighted by Gasteiger charge is -2.19. The summed E-state index contributed by atoms with van der Waals surface area (Å²) in [4.78, 5) is 27.1. The summed E-state index contributed by atoms with van der Waals surface area (Å²) in [6.45, 7) is 0.767. The summed E-state index contributed by atoms with van der Waals surface area (Å²) in [6.07, 6.45) is 2.27. The van der Waals surface area contributed by atoms with E-state index < -0.39 is 6.10 Å². The quantitative estimate of drug-likeness (QED) is 0.833. The maximum Gasteiger partial charge on any atom is 0.327 e. The highest BCUT2D eigenvalue weighted by atomic mass is 16.3. The Bertz CT molecular complexity index is 510. The molecular formula is C16H20N2O3. The number of carbonyl (C=O) groups is 2. The van der Waals surface area contributed by atoms with Crippen molar-refractivity contribution in [2.75, 3.05) is 13.1 Å². The number of hydrogen-bond donors (Lipinski definition) is 1. The fourth-order valence-electron chi connectivity index (χ4n) is 3.13. The highest BCUT2D eigenvalue weighted by Gasteiger charge is 2.47. The minimum Gasteiger partial charge on any atom is -0.391 e. The van der Waals surface area contributed by atoms with Gasteiger partial charge in [0.2, 0.25) is 0 Å². The molecule has 2 aliphatic heterocycles. The molecule has 1 aromatic rings. The fraction of sp³-hybridized carbons (Fsp3) is 0.500. The molecule has 2 fully saturated rings. The number of carbonyl (C=O) groups excluding carboxylic acids is 2. The molecule has 2 heterocycles. The van der Waals surface area contributed by atoms with Crippen LogP contribution in [0.25, 0.3) is 0 Å². The number of aliphatic hydroxyl groups excluding tert-OH is 1. The second-order valence-electron chi connectivity index (χ2n) is 5.76. The average Bonchev–Trinajstić information content (AvgIpc) is 3.06. The zero-order chi connectivity index (χ0) is 14.8. The highest BCUT2D eigenvalue weighted by molar-refractivity contribution is 6.04. The maximum absolute atomic E-state index is 12.2. The smallest absolute Gasteiger partial charge is 0.327 e. The monoisotopic (exact) mass is 288 g/mol. The Morgan fingerprint density at radius 3 is 2.71 bits per heavy atom. The third kappa shape index (κ3) is 2.78. The van der Waals surface area contributed by atoms with Gasteiger partial charge in [0.05, 0.1) is 12.6 Å². The predicted octanol–water partition coefficient (Wildman–Crippen LogP) is 1.41. The van der Waals surface area contributed by atoms with Gasteiger partial charge in [-0.2, -0.15) is 0 Å². The molecule has 2 saturated heterocycles. The van der Waals surface area contributed by atoms with E-state index in [9.17, 15) is 14.7 Å². The Labute approximate surface area is 124 Å². The van der Waals surface area contributed by atoms with Gasteiger partial charge in [0.25, 0.3) is 5.91 Å². The summed E-state index contributed by atoms with van der Waals surface area (Å²) in [6, 6.07) is 9.38. The van der Waals surface area contributed by atoms with E-state index in [1.807, 2.05) is 30.3 Å². The number of rotatable bonds is 5. The SMILES string of the molecule is O=C1[C@@H]2CCCN2C(=O)N1C[C@@H](O)CCc1ccccc1. The largest absolute Gasteiger partial charge is 0.391 e. The summed E-state index contributed by atoms with van der Waals surface area (Å²) in [5.41, 5.74) is 1.15. The van der Waals surface area contributed by atoms with Crippen LogP contribution >= 0.6 is 0 Å². The first-order valence-electron chi connectivity index (χ1n) is 7.51. The van der Waals surface area contributed by atoms with Crippen LogP contribution in [0.3, 0.4) is 0 Å². The van der Waals surface area contributed by atoms with E-state index in [0.717, 1.165) is 24.8 Å². The van der Waals surface area contributed by atoms with Crippen LogP contribution in [0.1, 0.15) is 24.8 Å². The number of nitrogens with zero attached hydrogens (tertiary/aromatic N) is 2. The molecule has 3 rings (SSSR count). The van der Waals surface area contributed by atoms with Crippen molar-refractivity contribution in [1.29, 1.82) is 0 Å². The third-order valence-corrected chi connectivity index (χ3v) is 4.28. The number of urea groups is 1. The number of aryl methyl sites for hydroxylation is 1. The Morgan fingerprint density at radius 1 is 1.24 bits per heavy atom. The number of hydrogen-bond acceptors (Lipinski definition) is 3. The highest BCUT2D eigenvalue weighted by Crippen LogP contribution is 2.27. The molecule has 112 valence electrons. The molecule has 2 atom stereocenters. The lowest BCUT2D eigenvalue weighted by Crippen LogP contribution is -2.39. The minimum atomic E-state index is -0.668. The van der Waals surface area contributed by atoms with Gasteiger partial charge >= 0.3 is 6.03 Å². The number of amides is 3. The lowest BCUT2D eigenvalue weighted by atomic mass is 10.1. The van der Waals surface area contributed by atoms with Crippen molar-refractivity contribution in [2.24, 2.45) is 0 Å². The molecule has 0 saturated carbocycles. The Morgan fingerprint density at radius 2 is 2.00 bits per heavy atom. The molecule has 0 spiro atoms. The summed E-state index contributed by atoms with van der Waals surface area (Å²) in [5, 5.41) is 10.1. The first kappa shape index (κ1) is 14.1. The molecule has 1 aromatic carbocycles. The van der Waals surface area contributed by atoms with Gasteiger partial charge in [-0.15, -0.1) is 0 Å². The summed E-state index contributed by atoms with van der Waals surface area (Å²) >= 11 is 0. The zero-order valence-corrected chi connectivity index (χ0v) is 11.9. The van der Waals surface area contributed by atoms with Gasteiger partial charge in [0.15, 0.2) is 0 Å². The van der Waals surface area contributed by atoms with Crippen molar-refractivity contribution in [3.8, 4) is 0 Å². The molecule has 0 radical (unpaired) electrons. The summed E-state index contributed by atoms with van der Waals surface area (Å²) < 4.78 is 0. The molecule has 3 amide bonds. The van der Waals surface area contributed by atoms with E-state index in [0.29, 0.717) is 13.0 Å². The minimum absolute atomic E-state index is 0.109. The van der Waals surface area contributed by atoms with Crippen molar-refractivity contribution >= 4 is 11.9 Å². The van der Waals surface area contributed by atoms with E-state index in [4.69, 9.17) is 0 Å². The number of β-amino-alcohol motifs (C(OH)–C–C–N with tert-alkyl or cyclic N) is 1. The van der Waals surface area contributed by atoms with Gasteiger partial charge in [-0.1, -0.05) is 30.3 Å². The lowest BCUT2D eigenvalue weighted by molar-refractivity contribution is -0.128. The number of aliphatic hydroxyl groups is 1. The number of imide groups is 1. The molecule has 5 nitrogen and oxygen atoms in total. The van der Waals surface area contributed by atoms with Crippen LogP contribution in [0, 0.1) is 0 Å². The number of fused-ring (bicyclic) bond motifs is 1. The van der Waals surface area contributed by atoms with Crippen LogP contribution < -0.4 is 0 Å². The van der Waals surface area contributed by atoms with Crippen LogP contribution in [0.5, 0.6) is 0 Å². The second kappa shape index (κ2) is 5.85. The molecule has 0 unspecified atom stereocenters. The molecule has 0 aliphatic carbocycles. The Hall–Kier alpha value is -1.88. The van der Waals surface area contributed by atoms with E-state index >= 15 is 0 Å². The first-order valence-corrected chi connectivity index (χ1v) is 7.51. The maximum atomic E-state index is 12.2. The Kier molecular flexibility index (Phi) is 3.92. The van der Waals surface area contributed by atoms with Crippen molar-refractivity contribution < 1.29 is 14.7 Å². The van der Waals surface area contributed by atoms with E-state index in [-0.39, 0.29) is 24.5 Å². The second-order valence-corrected chi connectivity index (χ2v) is 5.76. The van der Waals surface area contributed by atoms with Crippen LogP contribution in [0.4, 0.5) is 4.79 Å². The van der Waals surface area contributed by atoms with Crippen LogP contribution in [0.15, 0.2) is 30.3 Å². The van der Waals surface area contributed by atoms with E-state index in [2.05, 4.69) is 0 Å².